The van der Waals surface area contributed by atoms with E-state index in [2.05, 4.69) is 33.0 Å². The number of hydrogen-bond donors (Lipinski definition) is 1. The molecule has 2 bridgehead atoms. The van der Waals surface area contributed by atoms with E-state index in [-0.39, 0.29) is 0 Å². The standard InChI is InChI=1S/C13H25N/c1-5-6-14-12-7-9(2)10-8-11(12)13(10,3)4/h9-12,14H,5-8H2,1-4H3/t9-,10-,11-,12-/m1/s1. The van der Waals surface area contributed by atoms with Crippen molar-refractivity contribution in [2.24, 2.45) is 23.2 Å². The normalized spacial score (nSPS) is 44.6. The maximum Gasteiger partial charge on any atom is 0.0103 e. The fourth-order valence-corrected chi connectivity index (χ4v) is 3.93. The van der Waals surface area contributed by atoms with Crippen molar-refractivity contribution in [2.45, 2.75) is 53.0 Å². The average molecular weight is 195 g/mol. The van der Waals surface area contributed by atoms with E-state index in [1.54, 1.807) is 0 Å². The Kier molecular flexibility index (Phi) is 2.63. The maximum absolute atomic E-state index is 3.74. The Morgan fingerprint density at radius 3 is 2.43 bits per heavy atom. The van der Waals surface area contributed by atoms with E-state index >= 15 is 0 Å². The molecule has 0 heterocycles. The van der Waals surface area contributed by atoms with Crippen LogP contribution in [0, 0.1) is 23.2 Å². The molecule has 0 amide bonds. The van der Waals surface area contributed by atoms with Crippen LogP contribution in [-0.2, 0) is 0 Å². The molecule has 0 unspecified atom stereocenters. The van der Waals surface area contributed by atoms with Gasteiger partial charge in [0.15, 0.2) is 0 Å². The van der Waals surface area contributed by atoms with Gasteiger partial charge >= 0.3 is 0 Å². The molecular formula is C13H25N. The van der Waals surface area contributed by atoms with E-state index in [4.69, 9.17) is 0 Å². The fraction of sp³-hybridized carbons (Fsp3) is 1.00. The van der Waals surface area contributed by atoms with E-state index in [1.165, 1.54) is 25.8 Å². The van der Waals surface area contributed by atoms with Crippen LogP contribution in [0.2, 0.25) is 0 Å². The summed E-state index contributed by atoms with van der Waals surface area (Å²) in [6.45, 7) is 10.9. The quantitative estimate of drug-likeness (QED) is 0.730. The van der Waals surface area contributed by atoms with Crippen molar-refractivity contribution in [3.05, 3.63) is 0 Å². The zero-order chi connectivity index (χ0) is 10.3. The third-order valence-corrected chi connectivity index (χ3v) is 4.87. The first-order valence-corrected chi connectivity index (χ1v) is 6.30. The minimum Gasteiger partial charge on any atom is -0.314 e. The summed E-state index contributed by atoms with van der Waals surface area (Å²) in [5.74, 6) is 2.90. The van der Waals surface area contributed by atoms with Gasteiger partial charge in [-0.1, -0.05) is 27.7 Å². The molecule has 0 aliphatic heterocycles. The fourth-order valence-electron chi connectivity index (χ4n) is 3.93. The Labute approximate surface area is 88.7 Å². The Balaban J connectivity index is 1.99. The van der Waals surface area contributed by atoms with Gasteiger partial charge in [0.2, 0.25) is 0 Å². The van der Waals surface area contributed by atoms with E-state index in [1.807, 2.05) is 0 Å². The summed E-state index contributed by atoms with van der Waals surface area (Å²) >= 11 is 0. The molecule has 14 heavy (non-hydrogen) atoms. The lowest BCUT2D eigenvalue weighted by Gasteiger charge is -2.63. The topological polar surface area (TPSA) is 12.0 Å². The van der Waals surface area contributed by atoms with Crippen LogP contribution in [0.15, 0.2) is 0 Å². The van der Waals surface area contributed by atoms with Crippen molar-refractivity contribution in [3.8, 4) is 0 Å². The number of rotatable bonds is 3. The van der Waals surface area contributed by atoms with Gasteiger partial charge in [0.1, 0.15) is 0 Å². The SMILES string of the molecule is CCCN[C@@H]1C[C@@H](C)[C@H]2C[C@H]1C2(C)C. The third-order valence-electron chi connectivity index (χ3n) is 4.87. The van der Waals surface area contributed by atoms with Crippen molar-refractivity contribution in [1.82, 2.24) is 5.32 Å². The Morgan fingerprint density at radius 1 is 1.21 bits per heavy atom. The molecule has 3 fully saturated rings. The molecule has 0 saturated heterocycles. The maximum atomic E-state index is 3.74. The summed E-state index contributed by atoms with van der Waals surface area (Å²) in [5, 5.41) is 3.74. The number of nitrogens with one attached hydrogen (secondary N) is 1. The lowest BCUT2D eigenvalue weighted by Crippen LogP contribution is -2.61. The Hall–Kier alpha value is -0.0400. The van der Waals surface area contributed by atoms with Crippen molar-refractivity contribution in [2.75, 3.05) is 6.54 Å². The molecule has 3 aliphatic carbocycles. The van der Waals surface area contributed by atoms with Gasteiger partial charge in [-0.15, -0.1) is 0 Å². The molecule has 3 saturated carbocycles. The molecule has 0 aromatic heterocycles. The smallest absolute Gasteiger partial charge is 0.0103 e. The zero-order valence-corrected chi connectivity index (χ0v) is 10.1. The molecule has 3 aliphatic rings. The lowest BCUT2D eigenvalue weighted by molar-refractivity contribution is -0.119. The third kappa shape index (κ3) is 1.41. The summed E-state index contributed by atoms with van der Waals surface area (Å²) < 4.78 is 0. The molecule has 0 radical (unpaired) electrons. The van der Waals surface area contributed by atoms with Gasteiger partial charge in [-0.25, -0.2) is 0 Å². The molecule has 82 valence electrons. The molecule has 1 heteroatoms. The highest BCUT2D eigenvalue weighted by Crippen LogP contribution is 2.61. The predicted octanol–water partition coefficient (Wildman–Crippen LogP) is 3.06. The summed E-state index contributed by atoms with van der Waals surface area (Å²) in [6.07, 6.45) is 4.16. The molecule has 3 rings (SSSR count). The summed E-state index contributed by atoms with van der Waals surface area (Å²) in [4.78, 5) is 0. The first-order chi connectivity index (χ1) is 6.57. The molecule has 1 N–H and O–H groups in total. The van der Waals surface area contributed by atoms with Crippen molar-refractivity contribution >= 4 is 0 Å². The largest absolute Gasteiger partial charge is 0.314 e. The first kappa shape index (κ1) is 10.5. The van der Waals surface area contributed by atoms with Crippen LogP contribution in [-0.4, -0.2) is 12.6 Å². The van der Waals surface area contributed by atoms with Crippen LogP contribution in [0.3, 0.4) is 0 Å². The van der Waals surface area contributed by atoms with Crippen LogP contribution < -0.4 is 5.32 Å². The van der Waals surface area contributed by atoms with Crippen molar-refractivity contribution < 1.29 is 0 Å². The molecule has 1 nitrogen and oxygen atoms in total. The van der Waals surface area contributed by atoms with E-state index in [9.17, 15) is 0 Å². The highest BCUT2D eigenvalue weighted by Gasteiger charge is 2.56. The van der Waals surface area contributed by atoms with Gasteiger partial charge in [-0.3, -0.25) is 0 Å². The van der Waals surface area contributed by atoms with Crippen LogP contribution in [0.5, 0.6) is 0 Å². The van der Waals surface area contributed by atoms with Gasteiger partial charge in [-0.05, 0) is 49.0 Å². The molecule has 0 aromatic rings. The molecule has 0 spiro atoms. The lowest BCUT2D eigenvalue weighted by atomic mass is 9.44. The highest BCUT2D eigenvalue weighted by molar-refractivity contribution is 5.08. The zero-order valence-electron chi connectivity index (χ0n) is 10.1. The van der Waals surface area contributed by atoms with E-state index < -0.39 is 0 Å². The minimum atomic E-state index is 0.614. The monoisotopic (exact) mass is 195 g/mol. The van der Waals surface area contributed by atoms with Gasteiger partial charge in [0.25, 0.3) is 0 Å². The van der Waals surface area contributed by atoms with Gasteiger partial charge in [0, 0.05) is 6.04 Å². The average Bonchev–Trinajstić information content (AvgIpc) is 2.13. The minimum absolute atomic E-state index is 0.614. The predicted molar refractivity (Wildman–Crippen MR) is 61.2 cm³/mol. The number of hydrogen-bond acceptors (Lipinski definition) is 1. The van der Waals surface area contributed by atoms with Gasteiger partial charge in [0.05, 0.1) is 0 Å². The van der Waals surface area contributed by atoms with Crippen LogP contribution in [0.25, 0.3) is 0 Å². The van der Waals surface area contributed by atoms with Gasteiger partial charge < -0.3 is 5.32 Å². The Bertz CT molecular complexity index is 209. The second-order valence-electron chi connectivity index (χ2n) is 6.04. The molecule has 0 aromatic carbocycles. The molecule has 4 atom stereocenters. The van der Waals surface area contributed by atoms with Crippen molar-refractivity contribution in [1.29, 1.82) is 0 Å². The first-order valence-electron chi connectivity index (χ1n) is 6.30. The van der Waals surface area contributed by atoms with E-state index in [0.29, 0.717) is 5.41 Å². The summed E-state index contributed by atoms with van der Waals surface area (Å²) in [6, 6.07) is 0.810. The summed E-state index contributed by atoms with van der Waals surface area (Å²) in [5.41, 5.74) is 0.614. The summed E-state index contributed by atoms with van der Waals surface area (Å²) in [7, 11) is 0. The van der Waals surface area contributed by atoms with Crippen LogP contribution >= 0.6 is 0 Å². The van der Waals surface area contributed by atoms with Crippen LogP contribution in [0.4, 0.5) is 0 Å². The van der Waals surface area contributed by atoms with E-state index in [0.717, 1.165) is 23.8 Å². The second-order valence-corrected chi connectivity index (χ2v) is 6.04. The molecular weight excluding hydrogens is 170 g/mol. The van der Waals surface area contributed by atoms with Crippen LogP contribution in [0.1, 0.15) is 47.0 Å². The second kappa shape index (κ2) is 3.52. The van der Waals surface area contributed by atoms with Gasteiger partial charge in [-0.2, -0.15) is 0 Å². The Morgan fingerprint density at radius 2 is 1.93 bits per heavy atom. The number of fused-ring (bicyclic) bond motifs is 2. The van der Waals surface area contributed by atoms with Crippen molar-refractivity contribution in [3.63, 3.8) is 0 Å². The highest BCUT2D eigenvalue weighted by atomic mass is 14.9.